The van der Waals surface area contributed by atoms with E-state index in [1.807, 2.05) is 0 Å². The van der Waals surface area contributed by atoms with Crippen LogP contribution in [0.1, 0.15) is 38.2 Å². The van der Waals surface area contributed by atoms with Crippen molar-refractivity contribution in [3.05, 3.63) is 47.7 Å². The highest BCUT2D eigenvalue weighted by molar-refractivity contribution is 7.91. The number of hydrogen-bond donors (Lipinski definition) is 1. The topological polar surface area (TPSA) is 67.3 Å². The molecule has 0 atom stereocenters. The molecule has 10 heteroatoms. The van der Waals surface area contributed by atoms with Gasteiger partial charge < -0.3 is 5.11 Å². The van der Waals surface area contributed by atoms with E-state index < -0.39 is 55.2 Å². The SMILES string of the molecule is CC1(O)CCC(CS(=O)(=O)c2ccc(-c3ncc(F)cc3F)cc2C(F)(F)F)CC1. The smallest absolute Gasteiger partial charge is 0.390 e. The fourth-order valence-electron chi connectivity index (χ4n) is 3.66. The van der Waals surface area contributed by atoms with E-state index in [0.717, 1.165) is 12.1 Å². The highest BCUT2D eigenvalue weighted by Gasteiger charge is 2.39. The first-order chi connectivity index (χ1) is 13.8. The number of halogens is 5. The van der Waals surface area contributed by atoms with Crippen molar-refractivity contribution in [1.29, 1.82) is 0 Å². The Morgan fingerprint density at radius 2 is 1.80 bits per heavy atom. The number of hydrogen-bond acceptors (Lipinski definition) is 4. The van der Waals surface area contributed by atoms with Crippen LogP contribution in [0.4, 0.5) is 22.0 Å². The van der Waals surface area contributed by atoms with Crippen LogP contribution in [0.5, 0.6) is 0 Å². The molecule has 4 nitrogen and oxygen atoms in total. The Bertz CT molecular complexity index is 1040. The second kappa shape index (κ2) is 7.88. The summed E-state index contributed by atoms with van der Waals surface area (Å²) in [5.41, 5.74) is -3.15. The molecule has 1 heterocycles. The Labute approximate surface area is 170 Å². The first kappa shape index (κ1) is 22.6. The summed E-state index contributed by atoms with van der Waals surface area (Å²) in [7, 11) is -4.30. The number of sulfone groups is 1. The van der Waals surface area contributed by atoms with Crippen LogP contribution in [-0.2, 0) is 16.0 Å². The summed E-state index contributed by atoms with van der Waals surface area (Å²) < 4.78 is 93.5. The molecule has 2 aromatic rings. The summed E-state index contributed by atoms with van der Waals surface area (Å²) in [5.74, 6) is -2.99. The van der Waals surface area contributed by atoms with E-state index in [4.69, 9.17) is 0 Å². The second-order valence-corrected chi connectivity index (χ2v) is 9.92. The number of aliphatic hydroxyl groups is 1. The van der Waals surface area contributed by atoms with E-state index >= 15 is 0 Å². The number of rotatable bonds is 4. The molecule has 0 unspecified atom stereocenters. The highest BCUT2D eigenvalue weighted by Crippen LogP contribution is 2.39. The van der Waals surface area contributed by atoms with E-state index in [0.29, 0.717) is 44.0 Å². The molecule has 0 aliphatic heterocycles. The Morgan fingerprint density at radius 1 is 1.17 bits per heavy atom. The fourth-order valence-corrected chi connectivity index (χ4v) is 5.58. The zero-order chi connectivity index (χ0) is 22.3. The van der Waals surface area contributed by atoms with E-state index in [1.165, 1.54) is 0 Å². The Hall–Kier alpha value is -2.07. The van der Waals surface area contributed by atoms with Crippen LogP contribution in [0, 0.1) is 17.6 Å². The lowest BCUT2D eigenvalue weighted by molar-refractivity contribution is -0.139. The van der Waals surface area contributed by atoms with Gasteiger partial charge in [-0.05, 0) is 50.7 Å². The van der Waals surface area contributed by atoms with Gasteiger partial charge in [-0.15, -0.1) is 0 Å². The molecule has 30 heavy (non-hydrogen) atoms. The summed E-state index contributed by atoms with van der Waals surface area (Å²) in [6.45, 7) is 1.64. The van der Waals surface area contributed by atoms with Gasteiger partial charge in [0.25, 0.3) is 0 Å². The van der Waals surface area contributed by atoms with Crippen LogP contribution >= 0.6 is 0 Å². The molecule has 0 saturated heterocycles. The zero-order valence-electron chi connectivity index (χ0n) is 16.0. The molecule has 1 aromatic heterocycles. The lowest BCUT2D eigenvalue weighted by Gasteiger charge is -2.33. The normalized spacial score (nSPS) is 22.8. The van der Waals surface area contributed by atoms with Gasteiger partial charge in [0.05, 0.1) is 28.0 Å². The summed E-state index contributed by atoms with van der Waals surface area (Å²) in [6, 6.07) is 2.81. The van der Waals surface area contributed by atoms with Gasteiger partial charge in [0.2, 0.25) is 0 Å². The molecule has 0 amide bonds. The molecule has 164 valence electrons. The fraction of sp³-hybridized carbons (Fsp3) is 0.450. The zero-order valence-corrected chi connectivity index (χ0v) is 16.8. The lowest BCUT2D eigenvalue weighted by atomic mass is 9.81. The summed E-state index contributed by atoms with van der Waals surface area (Å²) in [5, 5.41) is 9.98. The van der Waals surface area contributed by atoms with Crippen molar-refractivity contribution in [2.75, 3.05) is 5.75 Å². The molecule has 0 radical (unpaired) electrons. The van der Waals surface area contributed by atoms with Gasteiger partial charge in [-0.3, -0.25) is 4.98 Å². The first-order valence-corrected chi connectivity index (χ1v) is 10.9. The molecule has 1 aromatic carbocycles. The quantitative estimate of drug-likeness (QED) is 0.684. The van der Waals surface area contributed by atoms with Crippen molar-refractivity contribution in [3.63, 3.8) is 0 Å². The van der Waals surface area contributed by atoms with Gasteiger partial charge >= 0.3 is 6.18 Å². The Balaban J connectivity index is 1.98. The van der Waals surface area contributed by atoms with Crippen LogP contribution in [0.3, 0.4) is 0 Å². The van der Waals surface area contributed by atoms with Gasteiger partial charge in [0.1, 0.15) is 11.5 Å². The molecule has 1 aliphatic carbocycles. The maximum absolute atomic E-state index is 13.9. The Kier molecular flexibility index (Phi) is 5.94. The number of alkyl halides is 3. The minimum atomic E-state index is -5.01. The maximum atomic E-state index is 13.9. The van der Waals surface area contributed by atoms with Crippen molar-refractivity contribution in [3.8, 4) is 11.3 Å². The minimum absolute atomic E-state index is 0.313. The van der Waals surface area contributed by atoms with E-state index in [2.05, 4.69) is 4.98 Å². The van der Waals surface area contributed by atoms with Crippen molar-refractivity contribution >= 4 is 9.84 Å². The third-order valence-corrected chi connectivity index (χ3v) is 7.28. The lowest BCUT2D eigenvalue weighted by Crippen LogP contribution is -2.33. The Morgan fingerprint density at radius 3 is 2.37 bits per heavy atom. The third-order valence-electron chi connectivity index (χ3n) is 5.34. The minimum Gasteiger partial charge on any atom is -0.390 e. The van der Waals surface area contributed by atoms with Gasteiger partial charge in [0.15, 0.2) is 15.7 Å². The van der Waals surface area contributed by atoms with Crippen LogP contribution < -0.4 is 0 Å². The molecule has 3 rings (SSSR count). The first-order valence-electron chi connectivity index (χ1n) is 9.26. The monoisotopic (exact) mass is 449 g/mol. The van der Waals surface area contributed by atoms with Crippen molar-refractivity contribution in [2.45, 2.75) is 49.3 Å². The van der Waals surface area contributed by atoms with Crippen LogP contribution in [-0.4, -0.2) is 29.9 Å². The largest absolute Gasteiger partial charge is 0.417 e. The predicted octanol–water partition coefficient (Wildman–Crippen LogP) is 4.76. The van der Waals surface area contributed by atoms with Crippen LogP contribution in [0.2, 0.25) is 0 Å². The predicted molar refractivity (Wildman–Crippen MR) is 99.2 cm³/mol. The van der Waals surface area contributed by atoms with E-state index in [1.54, 1.807) is 6.92 Å². The van der Waals surface area contributed by atoms with Crippen molar-refractivity contribution in [1.82, 2.24) is 4.98 Å². The number of benzene rings is 1. The molecular weight excluding hydrogens is 429 g/mol. The molecular formula is C20H20F5NO3S. The average molecular weight is 449 g/mol. The van der Waals surface area contributed by atoms with Crippen LogP contribution in [0.25, 0.3) is 11.3 Å². The summed E-state index contributed by atoms with van der Waals surface area (Å²) in [6.07, 6.45) is -2.84. The summed E-state index contributed by atoms with van der Waals surface area (Å²) >= 11 is 0. The van der Waals surface area contributed by atoms with Gasteiger partial charge in [0, 0.05) is 11.6 Å². The molecule has 0 spiro atoms. The van der Waals surface area contributed by atoms with Crippen LogP contribution in [0.15, 0.2) is 35.4 Å². The number of aromatic nitrogens is 1. The van der Waals surface area contributed by atoms with Crippen molar-refractivity contribution < 1.29 is 35.5 Å². The molecule has 1 aliphatic rings. The summed E-state index contributed by atoms with van der Waals surface area (Å²) in [4.78, 5) is 2.59. The van der Waals surface area contributed by atoms with E-state index in [-0.39, 0.29) is 11.5 Å². The molecule has 0 bridgehead atoms. The van der Waals surface area contributed by atoms with Gasteiger partial charge in [-0.25, -0.2) is 17.2 Å². The van der Waals surface area contributed by atoms with E-state index in [9.17, 15) is 35.5 Å². The van der Waals surface area contributed by atoms with Crippen molar-refractivity contribution in [2.24, 2.45) is 5.92 Å². The average Bonchev–Trinajstić information content (AvgIpc) is 2.62. The standard InChI is InChI=1S/C20H20F5NO3S/c1-19(27)6-4-12(5-7-19)11-30(28,29)17-3-2-13(8-15(17)20(23,24)25)18-16(22)9-14(21)10-26-18/h2-3,8-10,12,27H,4-7,11H2,1H3. The second-order valence-electron chi connectivity index (χ2n) is 7.91. The number of pyridine rings is 1. The third kappa shape index (κ3) is 4.97. The molecule has 1 N–H and O–H groups in total. The maximum Gasteiger partial charge on any atom is 0.417 e. The number of nitrogens with zero attached hydrogens (tertiary/aromatic N) is 1. The molecule has 1 fully saturated rings. The molecule has 1 saturated carbocycles. The van der Waals surface area contributed by atoms with Gasteiger partial charge in [-0.1, -0.05) is 6.07 Å². The highest BCUT2D eigenvalue weighted by atomic mass is 32.2. The van der Waals surface area contributed by atoms with Gasteiger partial charge in [-0.2, -0.15) is 13.2 Å².